The van der Waals surface area contributed by atoms with Crippen molar-refractivity contribution in [2.75, 3.05) is 14.1 Å². The molecule has 0 bridgehead atoms. The molecule has 72 valence electrons. The molecule has 0 heterocycles. The van der Waals surface area contributed by atoms with Crippen LogP contribution in [0, 0.1) is 11.3 Å². The van der Waals surface area contributed by atoms with Gasteiger partial charge in [-0.05, 0) is 34.0 Å². The van der Waals surface area contributed by atoms with Crippen molar-refractivity contribution in [3.05, 3.63) is 11.6 Å². The normalized spacial score (nSPS) is 12.8. The number of likely N-dealkylation sites (N-methyl/N-ethyl adjacent to an activating group) is 1. The lowest BCUT2D eigenvalue weighted by molar-refractivity contribution is -0.114. The van der Waals surface area contributed by atoms with E-state index in [1.807, 2.05) is 32.8 Å². The second-order valence-electron chi connectivity index (χ2n) is 3.58. The molecular weight excluding hydrogens is 166 g/mol. The third-order valence-electron chi connectivity index (χ3n) is 2.04. The Morgan fingerprint density at radius 3 is 2.23 bits per heavy atom. The number of nitriles is 1. The Hall–Kier alpha value is -1.34. The highest BCUT2D eigenvalue weighted by Gasteiger charge is 2.19. The van der Waals surface area contributed by atoms with Crippen LogP contribution in [0.5, 0.6) is 0 Å². The zero-order valence-corrected chi connectivity index (χ0v) is 8.46. The van der Waals surface area contributed by atoms with Gasteiger partial charge in [0.05, 0.1) is 0 Å². The summed E-state index contributed by atoms with van der Waals surface area (Å²) in [6.07, 6.45) is 1.56. The second-order valence-corrected chi connectivity index (χ2v) is 3.58. The minimum Gasteiger partial charge on any atom is -0.365 e. The van der Waals surface area contributed by atoms with Gasteiger partial charge >= 0.3 is 0 Å². The highest BCUT2D eigenvalue weighted by Crippen LogP contribution is 2.13. The van der Waals surface area contributed by atoms with Gasteiger partial charge in [-0.1, -0.05) is 0 Å². The second kappa shape index (κ2) is 4.06. The van der Waals surface area contributed by atoms with Gasteiger partial charge in [-0.3, -0.25) is 4.79 Å². The maximum absolute atomic E-state index is 10.7. The van der Waals surface area contributed by atoms with Gasteiger partial charge in [0.2, 0.25) is 0 Å². The van der Waals surface area contributed by atoms with Crippen molar-refractivity contribution < 1.29 is 4.79 Å². The number of carbonyl (C=O) groups is 1. The molecule has 0 saturated heterocycles. The first-order valence-electron chi connectivity index (χ1n) is 3.91. The quantitative estimate of drug-likeness (QED) is 0.501. The van der Waals surface area contributed by atoms with Gasteiger partial charge in [-0.15, -0.1) is 0 Å². The number of nitrogens with zero attached hydrogens (tertiary/aromatic N) is 2. The summed E-state index contributed by atoms with van der Waals surface area (Å²) in [6, 6.07) is 1.77. The Labute approximate surface area is 78.6 Å². The van der Waals surface area contributed by atoms with Crippen LogP contribution in [0.2, 0.25) is 0 Å². The maximum atomic E-state index is 10.7. The summed E-state index contributed by atoms with van der Waals surface area (Å²) >= 11 is 0. The molecule has 0 aliphatic carbocycles. The zero-order valence-electron chi connectivity index (χ0n) is 8.46. The molecule has 0 saturated carbocycles. The summed E-state index contributed by atoms with van der Waals surface area (Å²) in [5, 5.41) is 8.60. The van der Waals surface area contributed by atoms with Crippen LogP contribution in [0.15, 0.2) is 11.6 Å². The molecule has 0 spiro atoms. The lowest BCUT2D eigenvalue weighted by Crippen LogP contribution is -2.37. The first kappa shape index (κ1) is 11.7. The van der Waals surface area contributed by atoms with E-state index >= 15 is 0 Å². The van der Waals surface area contributed by atoms with Crippen LogP contribution in [0.1, 0.15) is 13.8 Å². The van der Waals surface area contributed by atoms with E-state index in [4.69, 9.17) is 11.0 Å². The number of amides is 1. The van der Waals surface area contributed by atoms with E-state index in [9.17, 15) is 4.79 Å². The van der Waals surface area contributed by atoms with E-state index in [1.165, 1.54) is 0 Å². The molecule has 0 radical (unpaired) electrons. The van der Waals surface area contributed by atoms with Crippen molar-refractivity contribution >= 4 is 5.91 Å². The average molecular weight is 181 g/mol. The Balaban J connectivity index is 4.92. The molecule has 4 heteroatoms. The Morgan fingerprint density at radius 2 is 2.00 bits per heavy atom. The maximum Gasteiger partial charge on any atom is 0.259 e. The fourth-order valence-corrected chi connectivity index (χ4v) is 0.641. The molecule has 0 aromatic rings. The predicted molar refractivity (Wildman–Crippen MR) is 50.7 cm³/mol. The van der Waals surface area contributed by atoms with E-state index in [2.05, 4.69) is 0 Å². The predicted octanol–water partition coefficient (Wildman–Crippen LogP) is 0.262. The standard InChI is InChI=1S/C9H15N3O/c1-9(2,12(3)4)5-7(6-10)8(11)13/h5H,1-4H3,(H2,11,13). The third kappa shape index (κ3) is 3.26. The Kier molecular flexibility index (Phi) is 3.64. The highest BCUT2D eigenvalue weighted by atomic mass is 16.1. The number of carbonyl (C=O) groups excluding carboxylic acids is 1. The van der Waals surface area contributed by atoms with Crippen LogP contribution in [0.3, 0.4) is 0 Å². The SMILES string of the molecule is CN(C)C(C)(C)C=C(C#N)C(N)=O. The van der Waals surface area contributed by atoms with E-state index in [-0.39, 0.29) is 11.1 Å². The molecule has 0 aliphatic rings. The third-order valence-corrected chi connectivity index (χ3v) is 2.04. The lowest BCUT2D eigenvalue weighted by atomic mass is 10.00. The van der Waals surface area contributed by atoms with Crippen molar-refractivity contribution in [2.24, 2.45) is 5.73 Å². The number of primary amides is 1. The molecule has 0 aromatic heterocycles. The summed E-state index contributed by atoms with van der Waals surface area (Å²) in [5.74, 6) is -0.683. The average Bonchev–Trinajstić information content (AvgIpc) is 1.99. The summed E-state index contributed by atoms with van der Waals surface area (Å²) in [7, 11) is 3.74. The van der Waals surface area contributed by atoms with Gasteiger partial charge in [-0.25, -0.2) is 0 Å². The molecule has 13 heavy (non-hydrogen) atoms. The summed E-state index contributed by atoms with van der Waals surface area (Å²) < 4.78 is 0. The van der Waals surface area contributed by atoms with Crippen molar-refractivity contribution in [3.63, 3.8) is 0 Å². The van der Waals surface area contributed by atoms with Crippen LogP contribution < -0.4 is 5.73 Å². The molecule has 0 unspecified atom stereocenters. The minimum atomic E-state index is -0.683. The first-order valence-corrected chi connectivity index (χ1v) is 3.91. The van der Waals surface area contributed by atoms with Crippen molar-refractivity contribution in [3.8, 4) is 6.07 Å². The van der Waals surface area contributed by atoms with Crippen molar-refractivity contribution in [2.45, 2.75) is 19.4 Å². The Morgan fingerprint density at radius 1 is 1.54 bits per heavy atom. The summed E-state index contributed by atoms with van der Waals surface area (Å²) in [6.45, 7) is 3.79. The molecule has 0 atom stereocenters. The summed E-state index contributed by atoms with van der Waals surface area (Å²) in [4.78, 5) is 12.6. The molecular formula is C9H15N3O. The number of rotatable bonds is 3. The Bertz CT molecular complexity index is 271. The van der Waals surface area contributed by atoms with Gasteiger partial charge in [0.1, 0.15) is 11.6 Å². The summed E-state index contributed by atoms with van der Waals surface area (Å²) in [5.41, 5.74) is 4.66. The number of hydrogen-bond donors (Lipinski definition) is 1. The van der Waals surface area contributed by atoms with Crippen LogP contribution >= 0.6 is 0 Å². The molecule has 2 N–H and O–H groups in total. The number of nitrogens with two attached hydrogens (primary N) is 1. The van der Waals surface area contributed by atoms with Crippen LogP contribution in [-0.2, 0) is 4.79 Å². The molecule has 0 rings (SSSR count). The van der Waals surface area contributed by atoms with E-state index in [0.717, 1.165) is 0 Å². The van der Waals surface area contributed by atoms with Gasteiger partial charge in [0.25, 0.3) is 5.91 Å². The van der Waals surface area contributed by atoms with E-state index < -0.39 is 5.91 Å². The van der Waals surface area contributed by atoms with Gasteiger partial charge in [0, 0.05) is 5.54 Å². The van der Waals surface area contributed by atoms with Crippen molar-refractivity contribution in [1.29, 1.82) is 5.26 Å². The van der Waals surface area contributed by atoms with Crippen LogP contribution in [-0.4, -0.2) is 30.4 Å². The van der Waals surface area contributed by atoms with Gasteiger partial charge in [-0.2, -0.15) is 5.26 Å². The lowest BCUT2D eigenvalue weighted by Gasteiger charge is -2.29. The largest absolute Gasteiger partial charge is 0.365 e. The van der Waals surface area contributed by atoms with E-state index in [0.29, 0.717) is 0 Å². The van der Waals surface area contributed by atoms with Gasteiger partial charge in [0.15, 0.2) is 0 Å². The first-order chi connectivity index (χ1) is 5.81. The van der Waals surface area contributed by atoms with Crippen LogP contribution in [0.4, 0.5) is 0 Å². The van der Waals surface area contributed by atoms with Crippen LogP contribution in [0.25, 0.3) is 0 Å². The molecule has 4 nitrogen and oxygen atoms in total. The zero-order chi connectivity index (χ0) is 10.6. The fraction of sp³-hybridized carbons (Fsp3) is 0.556. The van der Waals surface area contributed by atoms with E-state index in [1.54, 1.807) is 12.1 Å². The van der Waals surface area contributed by atoms with Crippen molar-refractivity contribution in [1.82, 2.24) is 4.90 Å². The monoisotopic (exact) mass is 181 g/mol. The minimum absolute atomic E-state index is 0.00120. The molecule has 0 fully saturated rings. The van der Waals surface area contributed by atoms with Gasteiger partial charge < -0.3 is 10.6 Å². The molecule has 0 aliphatic heterocycles. The topological polar surface area (TPSA) is 70.1 Å². The molecule has 1 amide bonds. The molecule has 0 aromatic carbocycles. The fourth-order valence-electron chi connectivity index (χ4n) is 0.641. The number of hydrogen-bond acceptors (Lipinski definition) is 3. The smallest absolute Gasteiger partial charge is 0.259 e. The highest BCUT2D eigenvalue weighted by molar-refractivity contribution is 5.96.